The van der Waals surface area contributed by atoms with Crippen molar-refractivity contribution in [3.63, 3.8) is 0 Å². The molecule has 3 N–H and O–H groups in total. The highest BCUT2D eigenvalue weighted by Crippen LogP contribution is 2.40. The minimum atomic E-state index is -2.04. The minimum absolute atomic E-state index is 0.0486. The number of halogens is 3. The monoisotopic (exact) mass is 685 g/mol. The highest BCUT2D eigenvalue weighted by molar-refractivity contribution is 7.99. The number of amides is 1. The number of alkyl halides is 3. The quantitative estimate of drug-likeness (QED) is 0.115. The molecule has 4 aromatic carbocycles. The Morgan fingerprint density at radius 1 is 0.844 bits per heavy atom. The smallest absolute Gasteiger partial charge is 0.336 e. The van der Waals surface area contributed by atoms with E-state index >= 15 is 0 Å². The molecule has 1 aliphatic rings. The second-order valence-electron chi connectivity index (χ2n) is 10.5. The fourth-order valence-electron chi connectivity index (χ4n) is 4.98. The van der Waals surface area contributed by atoms with E-state index in [-0.39, 0.29) is 30.9 Å². The number of carboxylic acids is 1. The number of aromatic carboxylic acids is 1. The van der Waals surface area contributed by atoms with Gasteiger partial charge in [0.1, 0.15) is 0 Å². The third-order valence-corrected chi connectivity index (χ3v) is 9.01. The Hall–Kier alpha value is -3.08. The van der Waals surface area contributed by atoms with Gasteiger partial charge in [-0.3, -0.25) is 4.79 Å². The van der Waals surface area contributed by atoms with E-state index in [2.05, 4.69) is 5.32 Å². The lowest BCUT2D eigenvalue weighted by Crippen LogP contribution is -2.33. The van der Waals surface area contributed by atoms with Gasteiger partial charge in [-0.2, -0.15) is 0 Å². The van der Waals surface area contributed by atoms with Crippen LogP contribution in [0.15, 0.2) is 102 Å². The zero-order chi connectivity index (χ0) is 32.0. The Morgan fingerprint density at radius 2 is 1.56 bits per heavy atom. The molecule has 7 nitrogen and oxygen atoms in total. The van der Waals surface area contributed by atoms with Gasteiger partial charge in [-0.15, -0.1) is 11.8 Å². The molecule has 0 radical (unpaired) electrons. The van der Waals surface area contributed by atoms with Crippen LogP contribution < -0.4 is 5.32 Å². The van der Waals surface area contributed by atoms with Crippen molar-refractivity contribution in [2.45, 2.75) is 46.8 Å². The standard InChI is InChI=1S/C34H30Cl3NO6S/c35-34(36,37)33(42)38-18-22-5-3-6-24(15-22)25-7-4-8-26(16-25)32-43-27(20-45-30-10-2-1-9-28(30)31(40)41)17-29(44-32)23-13-11-21(19-39)12-14-23/h1-16,27,29,32,39H,17-20H2,(H,38,42)(H,40,41)/t27-,29+,32+/m1/s1. The Kier molecular flexibility index (Phi) is 11.1. The molecule has 0 saturated carbocycles. The third kappa shape index (κ3) is 8.80. The number of benzene rings is 4. The maximum atomic E-state index is 12.0. The highest BCUT2D eigenvalue weighted by Gasteiger charge is 2.33. The van der Waals surface area contributed by atoms with Gasteiger partial charge in [0, 0.05) is 29.2 Å². The summed E-state index contributed by atoms with van der Waals surface area (Å²) in [5.41, 5.74) is 5.51. The summed E-state index contributed by atoms with van der Waals surface area (Å²) in [5.74, 6) is -1.15. The van der Waals surface area contributed by atoms with E-state index in [1.54, 1.807) is 18.2 Å². The van der Waals surface area contributed by atoms with Crippen LogP contribution in [0.5, 0.6) is 0 Å². The van der Waals surface area contributed by atoms with Gasteiger partial charge in [0.2, 0.25) is 0 Å². The molecular weight excluding hydrogens is 657 g/mol. The van der Waals surface area contributed by atoms with Crippen molar-refractivity contribution in [2.24, 2.45) is 0 Å². The molecule has 1 aliphatic heterocycles. The van der Waals surface area contributed by atoms with Gasteiger partial charge in [0.05, 0.1) is 24.4 Å². The van der Waals surface area contributed by atoms with Crippen LogP contribution in [0.3, 0.4) is 0 Å². The first-order chi connectivity index (χ1) is 21.6. The van der Waals surface area contributed by atoms with Crippen LogP contribution in [0.2, 0.25) is 0 Å². The fraction of sp³-hybridized carbons (Fsp3) is 0.235. The first kappa shape index (κ1) is 33.3. The molecule has 11 heteroatoms. The van der Waals surface area contributed by atoms with Crippen LogP contribution in [0.25, 0.3) is 11.1 Å². The maximum Gasteiger partial charge on any atom is 0.336 e. The average molecular weight is 687 g/mol. The molecule has 1 saturated heterocycles. The summed E-state index contributed by atoms with van der Waals surface area (Å²) in [6.07, 6.45) is -0.649. The molecule has 0 aliphatic carbocycles. The molecule has 5 rings (SSSR count). The topological polar surface area (TPSA) is 105 Å². The van der Waals surface area contributed by atoms with Gasteiger partial charge in [0.15, 0.2) is 6.29 Å². The number of carbonyl (C=O) groups excluding carboxylic acids is 1. The SMILES string of the molecule is O=C(O)c1ccccc1SC[C@H]1C[C@@H](c2ccc(CO)cc2)O[C@@H](c2cccc(-c3cccc(CNC(=O)C(Cl)(Cl)Cl)c3)c2)O1. The number of ether oxygens (including phenoxy) is 2. The number of thioether (sulfide) groups is 1. The van der Waals surface area contributed by atoms with E-state index in [4.69, 9.17) is 44.3 Å². The lowest BCUT2D eigenvalue weighted by molar-refractivity contribution is -0.245. The van der Waals surface area contributed by atoms with E-state index in [1.807, 2.05) is 78.9 Å². The number of aliphatic hydroxyl groups excluding tert-OH is 1. The molecule has 4 aromatic rings. The first-order valence-corrected chi connectivity index (χ1v) is 16.2. The predicted molar refractivity (Wildman–Crippen MR) is 177 cm³/mol. The van der Waals surface area contributed by atoms with Crippen LogP contribution >= 0.6 is 46.6 Å². The second kappa shape index (κ2) is 15.0. The summed E-state index contributed by atoms with van der Waals surface area (Å²) in [5, 5.41) is 21.8. The van der Waals surface area contributed by atoms with E-state index in [9.17, 15) is 19.8 Å². The number of carboxylic acid groups (broad SMARTS) is 1. The predicted octanol–water partition coefficient (Wildman–Crippen LogP) is 7.87. The van der Waals surface area contributed by atoms with Crippen LogP contribution in [0, 0.1) is 0 Å². The maximum absolute atomic E-state index is 12.0. The van der Waals surface area contributed by atoms with Crippen LogP contribution in [0.1, 0.15) is 51.4 Å². The molecule has 0 unspecified atom stereocenters. The van der Waals surface area contributed by atoms with E-state index < -0.39 is 22.0 Å². The van der Waals surface area contributed by atoms with Gasteiger partial charge in [0.25, 0.3) is 9.70 Å². The van der Waals surface area contributed by atoms with Gasteiger partial charge >= 0.3 is 5.97 Å². The molecule has 0 aromatic heterocycles. The number of hydrogen-bond donors (Lipinski definition) is 3. The Morgan fingerprint density at radius 3 is 2.27 bits per heavy atom. The van der Waals surface area contributed by atoms with Crippen molar-refractivity contribution < 1.29 is 29.3 Å². The van der Waals surface area contributed by atoms with Crippen molar-refractivity contribution in [1.29, 1.82) is 0 Å². The number of rotatable bonds is 10. The highest BCUT2D eigenvalue weighted by atomic mass is 35.6. The number of aliphatic hydroxyl groups is 1. The van der Waals surface area contributed by atoms with Crippen LogP contribution in [0.4, 0.5) is 0 Å². The molecule has 0 bridgehead atoms. The molecule has 45 heavy (non-hydrogen) atoms. The fourth-order valence-corrected chi connectivity index (χ4v) is 6.25. The van der Waals surface area contributed by atoms with Crippen molar-refractivity contribution in [3.8, 4) is 11.1 Å². The van der Waals surface area contributed by atoms with E-state index in [1.165, 1.54) is 11.8 Å². The summed E-state index contributed by atoms with van der Waals surface area (Å²) >= 11 is 18.5. The van der Waals surface area contributed by atoms with Gasteiger partial charge in [-0.05, 0) is 52.1 Å². The summed E-state index contributed by atoms with van der Waals surface area (Å²) in [7, 11) is 0. The Bertz CT molecular complexity index is 1650. The summed E-state index contributed by atoms with van der Waals surface area (Å²) in [6.45, 7) is 0.142. The van der Waals surface area contributed by atoms with Crippen molar-refractivity contribution in [2.75, 3.05) is 5.75 Å². The molecule has 1 heterocycles. The zero-order valence-corrected chi connectivity index (χ0v) is 27.0. The lowest BCUT2D eigenvalue weighted by Gasteiger charge is -2.36. The summed E-state index contributed by atoms with van der Waals surface area (Å²) in [6, 6.07) is 30.1. The van der Waals surface area contributed by atoms with E-state index in [0.29, 0.717) is 17.1 Å². The van der Waals surface area contributed by atoms with Crippen molar-refractivity contribution in [3.05, 3.63) is 125 Å². The van der Waals surface area contributed by atoms with Crippen molar-refractivity contribution in [1.82, 2.24) is 5.32 Å². The molecule has 3 atom stereocenters. The van der Waals surface area contributed by atoms with Crippen molar-refractivity contribution >= 4 is 58.4 Å². The van der Waals surface area contributed by atoms with E-state index in [0.717, 1.165) is 33.4 Å². The first-order valence-electron chi connectivity index (χ1n) is 14.1. The molecular formula is C34H30Cl3NO6S. The van der Waals surface area contributed by atoms with Gasteiger partial charge < -0.3 is 25.0 Å². The number of hydrogen-bond acceptors (Lipinski definition) is 6. The lowest BCUT2D eigenvalue weighted by atomic mass is 9.99. The summed E-state index contributed by atoms with van der Waals surface area (Å²) < 4.78 is 11.0. The minimum Gasteiger partial charge on any atom is -0.478 e. The van der Waals surface area contributed by atoms with Gasteiger partial charge in [-0.25, -0.2) is 4.79 Å². The second-order valence-corrected chi connectivity index (χ2v) is 13.8. The normalized spacial score (nSPS) is 18.4. The number of nitrogens with one attached hydrogen (secondary N) is 1. The largest absolute Gasteiger partial charge is 0.478 e. The molecule has 1 fully saturated rings. The zero-order valence-electron chi connectivity index (χ0n) is 23.9. The van der Waals surface area contributed by atoms with Crippen LogP contribution in [-0.2, 0) is 27.4 Å². The molecule has 0 spiro atoms. The molecule has 1 amide bonds. The van der Waals surface area contributed by atoms with Crippen LogP contribution in [-0.4, -0.2) is 37.7 Å². The Balaban J connectivity index is 1.37. The Labute approximate surface area is 280 Å². The van der Waals surface area contributed by atoms with Gasteiger partial charge in [-0.1, -0.05) is 108 Å². The molecule has 234 valence electrons. The summed E-state index contributed by atoms with van der Waals surface area (Å²) in [4.78, 5) is 24.4. The number of carbonyl (C=O) groups is 2. The average Bonchev–Trinajstić information content (AvgIpc) is 3.06. The third-order valence-electron chi connectivity index (χ3n) is 7.29.